The Kier molecular flexibility index (Phi) is 3.91. The molecule has 2 aliphatic rings. The SMILES string of the molecule is CCC(C)C1CN(CC)C2(CCCC2)CN1. The van der Waals surface area contributed by atoms with Gasteiger partial charge in [-0.05, 0) is 25.3 Å². The van der Waals surface area contributed by atoms with Crippen LogP contribution in [0.3, 0.4) is 0 Å². The second-order valence-corrected chi connectivity index (χ2v) is 5.84. The Balaban J connectivity index is 2.01. The van der Waals surface area contributed by atoms with Gasteiger partial charge in [0.15, 0.2) is 0 Å². The van der Waals surface area contributed by atoms with Crippen molar-refractivity contribution >= 4 is 0 Å². The van der Waals surface area contributed by atoms with Crippen LogP contribution in [0, 0.1) is 5.92 Å². The molecule has 0 aromatic carbocycles. The summed E-state index contributed by atoms with van der Waals surface area (Å²) in [4.78, 5) is 2.77. The van der Waals surface area contributed by atoms with Crippen molar-refractivity contribution in [2.45, 2.75) is 64.5 Å². The Hall–Kier alpha value is -0.0800. The summed E-state index contributed by atoms with van der Waals surface area (Å²) in [6.45, 7) is 10.8. The van der Waals surface area contributed by atoms with Crippen molar-refractivity contribution in [3.8, 4) is 0 Å². The van der Waals surface area contributed by atoms with Gasteiger partial charge in [0.1, 0.15) is 0 Å². The van der Waals surface area contributed by atoms with E-state index in [1.807, 2.05) is 0 Å². The summed E-state index contributed by atoms with van der Waals surface area (Å²) < 4.78 is 0. The van der Waals surface area contributed by atoms with Gasteiger partial charge in [-0.3, -0.25) is 4.90 Å². The van der Waals surface area contributed by atoms with Crippen molar-refractivity contribution < 1.29 is 0 Å². The molecule has 1 N–H and O–H groups in total. The van der Waals surface area contributed by atoms with Gasteiger partial charge in [-0.15, -0.1) is 0 Å². The van der Waals surface area contributed by atoms with Gasteiger partial charge < -0.3 is 5.32 Å². The van der Waals surface area contributed by atoms with Crippen LogP contribution in [0.5, 0.6) is 0 Å². The fraction of sp³-hybridized carbons (Fsp3) is 1.00. The fourth-order valence-corrected chi connectivity index (χ4v) is 3.58. The van der Waals surface area contributed by atoms with Gasteiger partial charge in [-0.25, -0.2) is 0 Å². The predicted octanol–water partition coefficient (Wildman–Crippen LogP) is 2.64. The lowest BCUT2D eigenvalue weighted by Gasteiger charge is -2.49. The number of piperazine rings is 1. The quantitative estimate of drug-likeness (QED) is 0.793. The third-order valence-electron chi connectivity index (χ3n) is 5.03. The highest BCUT2D eigenvalue weighted by atomic mass is 15.3. The van der Waals surface area contributed by atoms with Crippen LogP contribution in [0.1, 0.15) is 52.9 Å². The third kappa shape index (κ3) is 2.14. The van der Waals surface area contributed by atoms with Crippen molar-refractivity contribution in [2.75, 3.05) is 19.6 Å². The molecule has 2 unspecified atom stereocenters. The van der Waals surface area contributed by atoms with Crippen LogP contribution in [-0.2, 0) is 0 Å². The van der Waals surface area contributed by atoms with E-state index in [9.17, 15) is 0 Å². The van der Waals surface area contributed by atoms with Crippen LogP contribution in [0.25, 0.3) is 0 Å². The van der Waals surface area contributed by atoms with Gasteiger partial charge in [0, 0.05) is 24.7 Å². The summed E-state index contributed by atoms with van der Waals surface area (Å²) in [5, 5.41) is 3.83. The zero-order chi connectivity index (χ0) is 11.6. The van der Waals surface area contributed by atoms with Crippen molar-refractivity contribution in [3.63, 3.8) is 0 Å². The van der Waals surface area contributed by atoms with Gasteiger partial charge in [-0.1, -0.05) is 40.0 Å². The normalized spacial score (nSPS) is 32.1. The predicted molar refractivity (Wildman–Crippen MR) is 69.7 cm³/mol. The van der Waals surface area contributed by atoms with Crippen molar-refractivity contribution in [1.82, 2.24) is 10.2 Å². The summed E-state index contributed by atoms with van der Waals surface area (Å²) in [6.07, 6.45) is 7.00. The molecule has 2 atom stereocenters. The average molecular weight is 224 g/mol. The first-order valence-corrected chi connectivity index (χ1v) is 7.20. The van der Waals surface area contributed by atoms with Gasteiger partial charge in [0.05, 0.1) is 0 Å². The molecule has 1 saturated heterocycles. The first-order chi connectivity index (χ1) is 7.72. The minimum atomic E-state index is 0.526. The van der Waals surface area contributed by atoms with Gasteiger partial charge in [0.2, 0.25) is 0 Å². The van der Waals surface area contributed by atoms with Gasteiger partial charge >= 0.3 is 0 Å². The summed E-state index contributed by atoms with van der Waals surface area (Å²) in [5.41, 5.74) is 0.526. The number of rotatable bonds is 3. The lowest BCUT2D eigenvalue weighted by atomic mass is 9.87. The molecular weight excluding hydrogens is 196 g/mol. The van der Waals surface area contributed by atoms with Gasteiger partial charge in [-0.2, -0.15) is 0 Å². The minimum Gasteiger partial charge on any atom is -0.311 e. The van der Waals surface area contributed by atoms with E-state index in [1.165, 1.54) is 51.7 Å². The summed E-state index contributed by atoms with van der Waals surface area (Å²) in [5.74, 6) is 0.813. The zero-order valence-electron chi connectivity index (χ0n) is 11.3. The second kappa shape index (κ2) is 5.05. The molecule has 1 spiro atoms. The maximum atomic E-state index is 3.83. The Bertz CT molecular complexity index is 221. The van der Waals surface area contributed by atoms with Crippen molar-refractivity contribution in [1.29, 1.82) is 0 Å². The molecule has 0 aromatic heterocycles. The highest BCUT2D eigenvalue weighted by Crippen LogP contribution is 2.37. The molecule has 16 heavy (non-hydrogen) atoms. The summed E-state index contributed by atoms with van der Waals surface area (Å²) in [7, 11) is 0. The van der Waals surface area contributed by atoms with Crippen LogP contribution >= 0.6 is 0 Å². The number of hydrogen-bond donors (Lipinski definition) is 1. The Morgan fingerprint density at radius 3 is 2.56 bits per heavy atom. The topological polar surface area (TPSA) is 15.3 Å². The largest absolute Gasteiger partial charge is 0.311 e. The van der Waals surface area contributed by atoms with E-state index in [-0.39, 0.29) is 0 Å². The first-order valence-electron chi connectivity index (χ1n) is 7.20. The monoisotopic (exact) mass is 224 g/mol. The van der Waals surface area contributed by atoms with E-state index >= 15 is 0 Å². The van der Waals surface area contributed by atoms with Crippen molar-refractivity contribution in [2.24, 2.45) is 5.92 Å². The zero-order valence-corrected chi connectivity index (χ0v) is 11.3. The molecule has 2 rings (SSSR count). The number of nitrogens with one attached hydrogen (secondary N) is 1. The average Bonchev–Trinajstić information content (AvgIpc) is 2.78. The molecule has 0 bridgehead atoms. The molecule has 0 amide bonds. The van der Waals surface area contributed by atoms with Gasteiger partial charge in [0.25, 0.3) is 0 Å². The number of nitrogens with zero attached hydrogens (tertiary/aromatic N) is 1. The molecule has 1 heterocycles. The van der Waals surface area contributed by atoms with E-state index in [4.69, 9.17) is 0 Å². The summed E-state index contributed by atoms with van der Waals surface area (Å²) >= 11 is 0. The van der Waals surface area contributed by atoms with E-state index < -0.39 is 0 Å². The van der Waals surface area contributed by atoms with E-state index in [0.717, 1.165) is 12.0 Å². The van der Waals surface area contributed by atoms with E-state index in [0.29, 0.717) is 5.54 Å². The van der Waals surface area contributed by atoms with E-state index in [1.54, 1.807) is 0 Å². The lowest BCUT2D eigenvalue weighted by molar-refractivity contribution is 0.0355. The fourth-order valence-electron chi connectivity index (χ4n) is 3.58. The third-order valence-corrected chi connectivity index (χ3v) is 5.03. The standard InChI is InChI=1S/C14H28N2/c1-4-12(3)13-10-16(5-2)14(11-15-13)8-6-7-9-14/h12-13,15H,4-11H2,1-3H3. The molecule has 2 heteroatoms. The van der Waals surface area contributed by atoms with Crippen LogP contribution in [0.2, 0.25) is 0 Å². The second-order valence-electron chi connectivity index (χ2n) is 5.84. The molecule has 94 valence electrons. The molecule has 2 nitrogen and oxygen atoms in total. The Morgan fingerprint density at radius 1 is 1.31 bits per heavy atom. The highest BCUT2D eigenvalue weighted by Gasteiger charge is 2.43. The molecule has 0 aromatic rings. The molecule has 1 aliphatic heterocycles. The molecule has 2 fully saturated rings. The minimum absolute atomic E-state index is 0.526. The summed E-state index contributed by atoms with van der Waals surface area (Å²) in [6, 6.07) is 0.719. The number of likely N-dealkylation sites (N-methyl/N-ethyl adjacent to an activating group) is 1. The lowest BCUT2D eigenvalue weighted by Crippen LogP contribution is -2.64. The molecular formula is C14H28N2. The Labute approximate surface area is 101 Å². The molecule has 1 saturated carbocycles. The Morgan fingerprint density at radius 2 is 2.00 bits per heavy atom. The molecule has 1 aliphatic carbocycles. The maximum Gasteiger partial charge on any atom is 0.0334 e. The van der Waals surface area contributed by atoms with Crippen LogP contribution in [-0.4, -0.2) is 36.1 Å². The number of hydrogen-bond acceptors (Lipinski definition) is 2. The van der Waals surface area contributed by atoms with Crippen LogP contribution in [0.15, 0.2) is 0 Å². The smallest absolute Gasteiger partial charge is 0.0334 e. The highest BCUT2D eigenvalue weighted by molar-refractivity contribution is 5.02. The molecule has 0 radical (unpaired) electrons. The van der Waals surface area contributed by atoms with Crippen molar-refractivity contribution in [3.05, 3.63) is 0 Å². The van der Waals surface area contributed by atoms with Crippen LogP contribution < -0.4 is 5.32 Å². The van der Waals surface area contributed by atoms with E-state index in [2.05, 4.69) is 31.0 Å². The maximum absolute atomic E-state index is 3.83. The van der Waals surface area contributed by atoms with Crippen LogP contribution in [0.4, 0.5) is 0 Å². The first kappa shape index (κ1) is 12.4.